The number of halogens is 2. The van der Waals surface area contributed by atoms with Gasteiger partial charge in [-0.2, -0.15) is 0 Å². The Bertz CT molecular complexity index is 1030. The highest BCUT2D eigenvalue weighted by molar-refractivity contribution is 6.35. The average molecular weight is 435 g/mol. The van der Waals surface area contributed by atoms with E-state index in [1.807, 2.05) is 0 Å². The molecule has 6 N–H and O–H groups in total. The van der Waals surface area contributed by atoms with E-state index in [-0.39, 0.29) is 16.1 Å². The average Bonchev–Trinajstić information content (AvgIpc) is 2.66. The maximum Gasteiger partial charge on any atom is 0.197 e. The molecule has 0 spiro atoms. The van der Waals surface area contributed by atoms with Crippen molar-refractivity contribution in [3.05, 3.63) is 75.7 Å². The van der Waals surface area contributed by atoms with Gasteiger partial charge in [0.1, 0.15) is 11.4 Å². The summed E-state index contributed by atoms with van der Waals surface area (Å²) in [5.74, 6) is -4.28. The first kappa shape index (κ1) is 22.4. The molecule has 0 amide bonds. The lowest BCUT2D eigenvalue weighted by atomic mass is 9.83. The van der Waals surface area contributed by atoms with Gasteiger partial charge in [-0.25, -0.2) is 4.39 Å². The van der Waals surface area contributed by atoms with E-state index in [9.17, 15) is 20.1 Å². The Balaban J connectivity index is 2.04. The zero-order valence-electron chi connectivity index (χ0n) is 16.7. The smallest absolute Gasteiger partial charge is 0.197 e. The first-order valence-electron chi connectivity index (χ1n) is 9.37. The molecular weight excluding hydrogens is 411 g/mol. The van der Waals surface area contributed by atoms with Crippen LogP contribution in [0, 0.1) is 5.82 Å². The summed E-state index contributed by atoms with van der Waals surface area (Å²) in [5, 5.41) is 33.1. The van der Waals surface area contributed by atoms with Crippen molar-refractivity contribution in [2.45, 2.75) is 44.1 Å². The summed E-state index contributed by atoms with van der Waals surface area (Å²) in [7, 11) is 0. The van der Waals surface area contributed by atoms with Gasteiger partial charge >= 0.3 is 0 Å². The van der Waals surface area contributed by atoms with Gasteiger partial charge in [-0.05, 0) is 56.5 Å². The van der Waals surface area contributed by atoms with Crippen LogP contribution < -0.4 is 11.1 Å². The van der Waals surface area contributed by atoms with E-state index in [0.717, 1.165) is 37.2 Å². The van der Waals surface area contributed by atoms with E-state index in [1.165, 1.54) is 12.1 Å². The van der Waals surface area contributed by atoms with E-state index in [0.29, 0.717) is 6.42 Å². The van der Waals surface area contributed by atoms with Gasteiger partial charge < -0.3 is 26.4 Å². The fourth-order valence-corrected chi connectivity index (χ4v) is 3.59. The van der Waals surface area contributed by atoms with Gasteiger partial charge in [0, 0.05) is 22.5 Å². The summed E-state index contributed by atoms with van der Waals surface area (Å²) in [6, 6.07) is 5.92. The summed E-state index contributed by atoms with van der Waals surface area (Å²) in [6.07, 6.45) is 1.41. The Morgan fingerprint density at radius 2 is 1.90 bits per heavy atom. The lowest BCUT2D eigenvalue weighted by Gasteiger charge is -2.38. The summed E-state index contributed by atoms with van der Waals surface area (Å²) >= 11 is 6.13. The van der Waals surface area contributed by atoms with Crippen molar-refractivity contribution >= 4 is 23.1 Å². The van der Waals surface area contributed by atoms with Crippen molar-refractivity contribution in [2.24, 2.45) is 5.73 Å². The van der Waals surface area contributed by atoms with Crippen LogP contribution in [0.5, 0.6) is 0 Å². The maximum absolute atomic E-state index is 15.3. The summed E-state index contributed by atoms with van der Waals surface area (Å²) < 4.78 is 15.3. The van der Waals surface area contributed by atoms with Crippen molar-refractivity contribution in [1.29, 1.82) is 0 Å². The highest BCUT2D eigenvalue weighted by atomic mass is 35.5. The minimum Gasteiger partial charge on any atom is -0.383 e. The van der Waals surface area contributed by atoms with Crippen molar-refractivity contribution in [3.8, 4) is 0 Å². The van der Waals surface area contributed by atoms with Gasteiger partial charge in [-0.1, -0.05) is 24.2 Å². The third-order valence-electron chi connectivity index (χ3n) is 5.62. The van der Waals surface area contributed by atoms with E-state index in [1.54, 1.807) is 18.2 Å². The fourth-order valence-electron chi connectivity index (χ4n) is 3.36. The number of benzene rings is 2. The molecule has 0 saturated carbocycles. The highest BCUT2D eigenvalue weighted by Gasteiger charge is 2.47. The van der Waals surface area contributed by atoms with Gasteiger partial charge in [-0.15, -0.1) is 0 Å². The lowest BCUT2D eigenvalue weighted by Crippen LogP contribution is -2.56. The Morgan fingerprint density at radius 1 is 1.23 bits per heavy atom. The zero-order chi connectivity index (χ0) is 22.4. The minimum absolute atomic E-state index is 0.118. The van der Waals surface area contributed by atoms with Crippen LogP contribution in [0.2, 0.25) is 5.02 Å². The predicted octanol–water partition coefficient (Wildman–Crippen LogP) is 3.03. The summed E-state index contributed by atoms with van der Waals surface area (Å²) in [5.41, 5.74) is 5.84. The predicted molar refractivity (Wildman–Crippen MR) is 113 cm³/mol. The van der Waals surface area contributed by atoms with Crippen molar-refractivity contribution in [1.82, 2.24) is 0 Å². The standard InChI is InChI=1S/C22H24ClFN2O4/c1-11-4-5-12-10-13(6-9-16(12)26-11)19(27)17-15(23)8-7-14(18(17)24)20(25)21(2,28)22(3,29)30/h6-10,20,26,28-30H,1,4-5,25H2,2-3H3. The van der Waals surface area contributed by atoms with Gasteiger partial charge in [0.2, 0.25) is 0 Å². The van der Waals surface area contributed by atoms with Gasteiger partial charge in [0.15, 0.2) is 11.6 Å². The molecule has 2 unspecified atom stereocenters. The fraction of sp³-hybridized carbons (Fsp3) is 0.318. The van der Waals surface area contributed by atoms with Gasteiger partial charge in [-0.3, -0.25) is 4.79 Å². The second-order valence-electron chi connectivity index (χ2n) is 7.90. The lowest BCUT2D eigenvalue weighted by molar-refractivity contribution is -0.264. The van der Waals surface area contributed by atoms with Crippen LogP contribution in [-0.2, 0) is 6.42 Å². The Hall–Kier alpha value is -2.29. The number of rotatable bonds is 5. The normalized spacial score (nSPS) is 17.0. The SMILES string of the molecule is C=C1CCc2cc(C(=O)c3c(Cl)ccc(C(N)C(C)(O)C(C)(O)O)c3F)ccc2N1. The molecule has 160 valence electrons. The van der Waals surface area contributed by atoms with E-state index in [4.69, 9.17) is 17.3 Å². The number of anilines is 1. The minimum atomic E-state index is -2.61. The molecule has 2 atom stereocenters. The van der Waals surface area contributed by atoms with E-state index >= 15 is 4.39 Å². The molecule has 0 aromatic heterocycles. The molecule has 2 aromatic rings. The van der Waals surface area contributed by atoms with Gasteiger partial charge in [0.05, 0.1) is 16.6 Å². The number of aryl methyl sites for hydroxylation is 1. The largest absolute Gasteiger partial charge is 0.383 e. The number of nitrogens with one attached hydrogen (secondary N) is 1. The third kappa shape index (κ3) is 3.87. The van der Waals surface area contributed by atoms with Crippen LogP contribution in [0.15, 0.2) is 42.6 Å². The number of nitrogens with two attached hydrogens (primary N) is 1. The van der Waals surface area contributed by atoms with Crippen molar-refractivity contribution in [2.75, 3.05) is 5.32 Å². The number of allylic oxidation sites excluding steroid dienone is 1. The molecule has 0 aliphatic carbocycles. The molecule has 3 rings (SSSR count). The number of hydrogen-bond acceptors (Lipinski definition) is 6. The molecule has 30 heavy (non-hydrogen) atoms. The molecule has 1 aliphatic heterocycles. The second kappa shape index (κ2) is 7.76. The third-order valence-corrected chi connectivity index (χ3v) is 5.94. The Morgan fingerprint density at radius 3 is 2.53 bits per heavy atom. The van der Waals surface area contributed by atoms with Crippen LogP contribution in [0.3, 0.4) is 0 Å². The van der Waals surface area contributed by atoms with Gasteiger partial charge in [0.25, 0.3) is 0 Å². The molecule has 8 heteroatoms. The summed E-state index contributed by atoms with van der Waals surface area (Å²) in [6.45, 7) is 5.89. The van der Waals surface area contributed by atoms with Crippen molar-refractivity contribution in [3.63, 3.8) is 0 Å². The molecular formula is C22H24ClFN2O4. The van der Waals surface area contributed by atoms with E-state index < -0.39 is 34.6 Å². The first-order valence-corrected chi connectivity index (χ1v) is 9.75. The number of hydrogen-bond donors (Lipinski definition) is 5. The van der Waals surface area contributed by atoms with Crippen LogP contribution in [0.1, 0.15) is 53.4 Å². The molecule has 6 nitrogen and oxygen atoms in total. The summed E-state index contributed by atoms with van der Waals surface area (Å²) in [4.78, 5) is 13.1. The van der Waals surface area contributed by atoms with Crippen LogP contribution in [0.4, 0.5) is 10.1 Å². The number of aliphatic hydroxyl groups is 3. The highest BCUT2D eigenvalue weighted by Crippen LogP contribution is 2.36. The molecule has 0 saturated heterocycles. The number of ketones is 1. The number of carbonyl (C=O) groups excluding carboxylic acids is 1. The van der Waals surface area contributed by atoms with E-state index in [2.05, 4.69) is 11.9 Å². The number of carbonyl (C=O) groups is 1. The zero-order valence-corrected chi connectivity index (χ0v) is 17.4. The number of fused-ring (bicyclic) bond motifs is 1. The quantitative estimate of drug-likeness (QED) is 0.365. The molecule has 0 radical (unpaired) electrons. The molecule has 0 fully saturated rings. The van der Waals surface area contributed by atoms with Crippen molar-refractivity contribution < 1.29 is 24.5 Å². The Labute approximate surface area is 178 Å². The molecule has 1 aliphatic rings. The first-order chi connectivity index (χ1) is 13.8. The maximum atomic E-state index is 15.3. The monoisotopic (exact) mass is 434 g/mol. The van der Waals surface area contributed by atoms with Crippen LogP contribution in [0.25, 0.3) is 0 Å². The molecule has 1 heterocycles. The molecule has 2 aromatic carbocycles. The van der Waals surface area contributed by atoms with Crippen LogP contribution in [-0.4, -0.2) is 32.5 Å². The molecule has 0 bridgehead atoms. The van der Waals surface area contributed by atoms with Crippen LogP contribution >= 0.6 is 11.6 Å². The topological polar surface area (TPSA) is 116 Å². The second-order valence-corrected chi connectivity index (χ2v) is 8.31. The Kier molecular flexibility index (Phi) is 5.79.